The lowest BCUT2D eigenvalue weighted by molar-refractivity contribution is -0.0127. The summed E-state index contributed by atoms with van der Waals surface area (Å²) in [5, 5.41) is 6.45. The fourth-order valence-electron chi connectivity index (χ4n) is 5.93. The minimum absolute atomic E-state index is 0.0215. The highest BCUT2D eigenvalue weighted by Crippen LogP contribution is 2.55. The van der Waals surface area contributed by atoms with Crippen LogP contribution in [0.15, 0.2) is 18.2 Å². The third kappa shape index (κ3) is 3.30. The van der Waals surface area contributed by atoms with Gasteiger partial charge in [0, 0.05) is 5.54 Å². The van der Waals surface area contributed by atoms with Gasteiger partial charge in [-0.05, 0) is 79.4 Å². The second kappa shape index (κ2) is 6.17. The molecule has 2 N–H and O–H groups in total. The van der Waals surface area contributed by atoms with Gasteiger partial charge in [0.2, 0.25) is 0 Å². The zero-order valence-electron chi connectivity index (χ0n) is 16.5. The first kappa shape index (κ1) is 17.7. The summed E-state index contributed by atoms with van der Waals surface area (Å²) >= 11 is 0. The number of carbonyl (C=O) groups excluding carboxylic acids is 1. The Labute approximate surface area is 157 Å². The highest BCUT2D eigenvalue weighted by molar-refractivity contribution is 5.91. The Morgan fingerprint density at radius 2 is 1.65 bits per heavy atom. The number of benzene rings is 1. The van der Waals surface area contributed by atoms with Crippen molar-refractivity contribution in [3.05, 3.63) is 23.8 Å². The van der Waals surface area contributed by atoms with Crippen LogP contribution in [0.4, 0.5) is 10.5 Å². The third-order valence-electron chi connectivity index (χ3n) is 6.73. The van der Waals surface area contributed by atoms with Gasteiger partial charge in [-0.25, -0.2) is 4.79 Å². The topological polar surface area (TPSA) is 50.4 Å². The Bertz CT molecular complexity index is 669. The molecule has 4 bridgehead atoms. The lowest BCUT2D eigenvalue weighted by Gasteiger charge is -2.56. The molecular formula is C22H32N2O2. The molecule has 1 aromatic rings. The lowest BCUT2D eigenvalue weighted by Crippen LogP contribution is -2.60. The minimum Gasteiger partial charge on any atom is -0.495 e. The van der Waals surface area contributed by atoms with Crippen LogP contribution < -0.4 is 15.4 Å². The van der Waals surface area contributed by atoms with Gasteiger partial charge in [-0.2, -0.15) is 0 Å². The molecule has 26 heavy (non-hydrogen) atoms. The number of hydrogen-bond donors (Lipinski definition) is 2. The van der Waals surface area contributed by atoms with Crippen LogP contribution in [0.3, 0.4) is 0 Å². The lowest BCUT2D eigenvalue weighted by atomic mass is 9.53. The predicted molar refractivity (Wildman–Crippen MR) is 105 cm³/mol. The summed E-state index contributed by atoms with van der Waals surface area (Å²) in [5.74, 6) is 3.17. The molecule has 4 saturated carbocycles. The van der Waals surface area contributed by atoms with Crippen LogP contribution in [0, 0.1) is 17.8 Å². The summed E-state index contributed by atoms with van der Waals surface area (Å²) in [4.78, 5) is 12.8. The predicted octanol–water partition coefficient (Wildman–Crippen LogP) is 5.08. The van der Waals surface area contributed by atoms with Crippen molar-refractivity contribution in [2.24, 2.45) is 17.8 Å². The minimum atomic E-state index is -0.0868. The number of hydrogen-bond acceptors (Lipinski definition) is 2. The van der Waals surface area contributed by atoms with Gasteiger partial charge in [-0.3, -0.25) is 0 Å². The van der Waals surface area contributed by atoms with Crippen LogP contribution >= 0.6 is 0 Å². The standard InChI is InChI=1S/C22H32N2O2/c1-21(2,3)17-5-6-19(26-4)18(10-17)23-20(25)24-22-11-14-7-15(12-22)9-16(8-14)13-22/h5-6,10,14-16H,7-9,11-13H2,1-4H3,(H2,23,24,25). The molecule has 0 heterocycles. The van der Waals surface area contributed by atoms with Crippen LogP contribution in [0.2, 0.25) is 0 Å². The maximum atomic E-state index is 12.8. The number of rotatable bonds is 3. The van der Waals surface area contributed by atoms with Crippen molar-refractivity contribution >= 4 is 11.7 Å². The Balaban J connectivity index is 1.50. The van der Waals surface area contributed by atoms with E-state index < -0.39 is 0 Å². The first-order valence-electron chi connectivity index (χ1n) is 10.0. The first-order chi connectivity index (χ1) is 12.3. The van der Waals surface area contributed by atoms with Crippen molar-refractivity contribution in [1.29, 1.82) is 0 Å². The molecule has 2 amide bonds. The number of methoxy groups -OCH3 is 1. The molecule has 4 heteroatoms. The van der Waals surface area contributed by atoms with Crippen molar-refractivity contribution in [2.75, 3.05) is 12.4 Å². The average Bonchev–Trinajstić information content (AvgIpc) is 2.51. The second-order valence-corrected chi connectivity index (χ2v) is 9.94. The molecule has 0 aliphatic heterocycles. The van der Waals surface area contributed by atoms with E-state index in [1.165, 1.54) is 24.8 Å². The molecule has 1 aromatic carbocycles. The van der Waals surface area contributed by atoms with E-state index in [1.54, 1.807) is 7.11 Å². The van der Waals surface area contributed by atoms with Crippen LogP contribution in [-0.4, -0.2) is 18.7 Å². The van der Waals surface area contributed by atoms with Crippen LogP contribution in [0.25, 0.3) is 0 Å². The number of amides is 2. The van der Waals surface area contributed by atoms with Crippen molar-refractivity contribution in [1.82, 2.24) is 5.32 Å². The zero-order chi connectivity index (χ0) is 18.5. The molecular weight excluding hydrogens is 324 g/mol. The van der Waals surface area contributed by atoms with Crippen molar-refractivity contribution in [2.45, 2.75) is 70.3 Å². The molecule has 142 valence electrons. The highest BCUT2D eigenvalue weighted by atomic mass is 16.5. The van der Waals surface area contributed by atoms with Gasteiger partial charge in [-0.1, -0.05) is 26.8 Å². The summed E-state index contributed by atoms with van der Waals surface area (Å²) in [6, 6.07) is 5.97. The fourth-order valence-corrected chi connectivity index (χ4v) is 5.93. The molecule has 0 spiro atoms. The van der Waals surface area contributed by atoms with Gasteiger partial charge < -0.3 is 15.4 Å². The molecule has 4 fully saturated rings. The van der Waals surface area contributed by atoms with E-state index in [-0.39, 0.29) is 17.0 Å². The van der Waals surface area contributed by atoms with Crippen molar-refractivity contribution < 1.29 is 9.53 Å². The van der Waals surface area contributed by atoms with E-state index in [9.17, 15) is 4.79 Å². The number of anilines is 1. The van der Waals surface area contributed by atoms with Gasteiger partial charge in [0.15, 0.2) is 0 Å². The smallest absolute Gasteiger partial charge is 0.319 e. The van der Waals surface area contributed by atoms with Gasteiger partial charge in [0.05, 0.1) is 12.8 Å². The average molecular weight is 357 g/mol. The third-order valence-corrected chi connectivity index (χ3v) is 6.73. The van der Waals surface area contributed by atoms with E-state index in [4.69, 9.17) is 4.74 Å². The Morgan fingerprint density at radius 3 is 2.15 bits per heavy atom. The summed E-state index contributed by atoms with van der Waals surface area (Å²) in [7, 11) is 1.65. The van der Waals surface area contributed by atoms with Crippen molar-refractivity contribution in [3.63, 3.8) is 0 Å². The SMILES string of the molecule is COc1ccc(C(C)(C)C)cc1NC(=O)NC12CC3CC(CC(C3)C1)C2. The van der Waals surface area contributed by atoms with Gasteiger partial charge in [0.25, 0.3) is 0 Å². The van der Waals surface area contributed by atoms with Gasteiger partial charge in [-0.15, -0.1) is 0 Å². The maximum Gasteiger partial charge on any atom is 0.319 e. The highest BCUT2D eigenvalue weighted by Gasteiger charge is 2.51. The number of ether oxygens (including phenoxy) is 1. The van der Waals surface area contributed by atoms with E-state index in [1.807, 2.05) is 12.1 Å². The van der Waals surface area contributed by atoms with E-state index in [2.05, 4.69) is 37.5 Å². The molecule has 0 unspecified atom stereocenters. The Morgan fingerprint density at radius 1 is 1.08 bits per heavy atom. The maximum absolute atomic E-state index is 12.8. The van der Waals surface area contributed by atoms with Gasteiger partial charge >= 0.3 is 6.03 Å². The molecule has 0 radical (unpaired) electrons. The second-order valence-electron chi connectivity index (χ2n) is 9.94. The molecule has 4 nitrogen and oxygen atoms in total. The van der Waals surface area contributed by atoms with Gasteiger partial charge in [0.1, 0.15) is 5.75 Å². The summed E-state index contributed by atoms with van der Waals surface area (Å²) < 4.78 is 5.47. The summed E-state index contributed by atoms with van der Waals surface area (Å²) in [6.07, 6.45) is 7.61. The van der Waals surface area contributed by atoms with Crippen LogP contribution in [-0.2, 0) is 5.41 Å². The first-order valence-corrected chi connectivity index (χ1v) is 10.0. The monoisotopic (exact) mass is 356 g/mol. The number of urea groups is 1. The summed E-state index contributed by atoms with van der Waals surface area (Å²) in [5.41, 5.74) is 1.98. The number of nitrogens with one attached hydrogen (secondary N) is 2. The van der Waals surface area contributed by atoms with Crippen LogP contribution in [0.5, 0.6) is 5.75 Å². The number of carbonyl (C=O) groups is 1. The molecule has 0 aromatic heterocycles. The fraction of sp³-hybridized carbons (Fsp3) is 0.682. The van der Waals surface area contributed by atoms with E-state index in [0.717, 1.165) is 42.7 Å². The molecule has 5 rings (SSSR count). The molecule has 0 atom stereocenters. The van der Waals surface area contributed by atoms with E-state index in [0.29, 0.717) is 5.75 Å². The van der Waals surface area contributed by atoms with E-state index >= 15 is 0 Å². The largest absolute Gasteiger partial charge is 0.495 e. The quantitative estimate of drug-likeness (QED) is 0.793. The van der Waals surface area contributed by atoms with Crippen LogP contribution in [0.1, 0.15) is 64.9 Å². The molecule has 4 aliphatic carbocycles. The normalized spacial score (nSPS) is 32.4. The Kier molecular flexibility index (Phi) is 4.20. The summed E-state index contributed by atoms with van der Waals surface area (Å²) in [6.45, 7) is 6.52. The molecule has 4 aliphatic rings. The Hall–Kier alpha value is -1.71. The molecule has 0 saturated heterocycles. The zero-order valence-corrected chi connectivity index (χ0v) is 16.5. The van der Waals surface area contributed by atoms with Crippen molar-refractivity contribution in [3.8, 4) is 5.75 Å².